The summed E-state index contributed by atoms with van der Waals surface area (Å²) in [5.74, 6) is -9.50. The van der Waals surface area contributed by atoms with Gasteiger partial charge >= 0.3 is 0 Å². The molecule has 13 aliphatic rings. The Labute approximate surface area is 316 Å². The number of allylic oxidation sites excluding steroid dienone is 16. The third-order valence-electron chi connectivity index (χ3n) is 13.9. The first-order valence-electron chi connectivity index (χ1n) is 18.6. The molecule has 8 nitrogen and oxygen atoms in total. The number of benzene rings is 3. The molecule has 0 saturated carbocycles. The predicted octanol–water partition coefficient (Wildman–Crippen LogP) is 5.17. The Bertz CT molecular complexity index is 2710. The van der Waals surface area contributed by atoms with Crippen LogP contribution < -0.4 is 0 Å². The van der Waals surface area contributed by atoms with Crippen LogP contribution in [0.5, 0.6) is 0 Å². The summed E-state index contributed by atoms with van der Waals surface area (Å²) >= 11 is 0. The lowest BCUT2D eigenvalue weighted by Gasteiger charge is -2.52. The largest absolute Gasteiger partial charge is 0.290 e. The minimum absolute atomic E-state index is 0.117. The molecule has 0 amide bonds. The molecule has 262 valence electrons. The highest BCUT2D eigenvalue weighted by Crippen LogP contribution is 2.68. The maximum absolute atomic E-state index is 15.5. The molecule has 0 radical (unpaired) electrons. The van der Waals surface area contributed by atoms with Crippen LogP contribution >= 0.6 is 0 Å². The molecule has 3 aromatic rings. The fourth-order valence-corrected chi connectivity index (χ4v) is 12.1. The van der Waals surface area contributed by atoms with Crippen LogP contribution in [0.25, 0.3) is 0 Å². The highest BCUT2D eigenvalue weighted by molar-refractivity contribution is 6.38. The molecular weight excluding hydrogens is 705 g/mol. The summed E-state index contributed by atoms with van der Waals surface area (Å²) in [6.07, 6.45) is 4.87. The molecule has 0 aliphatic heterocycles. The zero-order valence-corrected chi connectivity index (χ0v) is 29.0. The molecule has 0 saturated heterocycles. The molecule has 6 bridgehead atoms. The molecule has 0 aromatic heterocycles. The van der Waals surface area contributed by atoms with Crippen molar-refractivity contribution in [3.63, 3.8) is 0 Å². The normalized spacial score (nSPS) is 29.5. The van der Waals surface area contributed by atoms with Gasteiger partial charge in [-0.25, -0.2) is 0 Å². The van der Waals surface area contributed by atoms with Gasteiger partial charge in [-0.2, -0.15) is 0 Å². The van der Waals surface area contributed by atoms with Crippen molar-refractivity contribution in [1.82, 2.24) is 0 Å². The van der Waals surface area contributed by atoms with Gasteiger partial charge in [0.25, 0.3) is 0 Å². The number of carbonyl (C=O) groups is 8. The van der Waals surface area contributed by atoms with E-state index in [9.17, 15) is 19.2 Å². The molecule has 0 heterocycles. The maximum Gasteiger partial charge on any atom is 0.187 e. The molecule has 0 spiro atoms. The number of carbonyl (C=O) groups excluding carboxylic acids is 8. The average Bonchev–Trinajstić information content (AvgIpc) is 3.23. The summed E-state index contributed by atoms with van der Waals surface area (Å²) in [5, 5.41) is 0. The van der Waals surface area contributed by atoms with Crippen molar-refractivity contribution in [1.29, 1.82) is 0 Å². The number of ketones is 8. The van der Waals surface area contributed by atoms with Crippen LogP contribution in [0.3, 0.4) is 0 Å². The van der Waals surface area contributed by atoms with E-state index in [-0.39, 0.29) is 66.9 Å². The van der Waals surface area contributed by atoms with Crippen molar-refractivity contribution in [3.05, 3.63) is 197 Å². The lowest BCUT2D eigenvalue weighted by atomic mass is 9.47. The van der Waals surface area contributed by atoms with Gasteiger partial charge in [0, 0.05) is 102 Å². The highest BCUT2D eigenvalue weighted by Gasteiger charge is 2.63. The summed E-state index contributed by atoms with van der Waals surface area (Å²) in [6, 6.07) is 21.7. The Kier molecular flexibility index (Phi) is 5.19. The smallest absolute Gasteiger partial charge is 0.187 e. The summed E-state index contributed by atoms with van der Waals surface area (Å²) in [6.45, 7) is 0. The summed E-state index contributed by atoms with van der Waals surface area (Å²) in [7, 11) is 0. The molecular formula is C48H22O8. The average molecular weight is 727 g/mol. The van der Waals surface area contributed by atoms with E-state index in [2.05, 4.69) is 0 Å². The second-order valence-electron chi connectivity index (χ2n) is 15.9. The van der Waals surface area contributed by atoms with Crippen LogP contribution in [0.4, 0.5) is 0 Å². The van der Waals surface area contributed by atoms with Crippen molar-refractivity contribution in [2.75, 3.05) is 0 Å². The molecule has 2 unspecified atom stereocenters. The topological polar surface area (TPSA) is 137 Å². The molecule has 8 heteroatoms. The van der Waals surface area contributed by atoms with E-state index in [0.29, 0.717) is 33.4 Å². The SMILES string of the molecule is O=C1C=CC(=O)C2=C1[C@@H]1C3=C(C(=O)C4=C(C3=O)C3C5=C(C(=O)C6=C(C5=O)[C@@H]5C7=C(C(=O)C=CC7=O)[C@H]6c6ccccc65)C4c4ccccc43)[C@H]2c2ccccc21. The zero-order chi connectivity index (χ0) is 37.8. The van der Waals surface area contributed by atoms with Gasteiger partial charge in [-0.15, -0.1) is 0 Å². The quantitative estimate of drug-likeness (QED) is 0.290. The lowest BCUT2D eigenvalue weighted by molar-refractivity contribution is -0.120. The van der Waals surface area contributed by atoms with Crippen molar-refractivity contribution in [2.24, 2.45) is 0 Å². The third-order valence-corrected chi connectivity index (χ3v) is 13.9. The second kappa shape index (κ2) is 9.59. The fourth-order valence-electron chi connectivity index (χ4n) is 12.1. The van der Waals surface area contributed by atoms with Crippen molar-refractivity contribution in [3.8, 4) is 0 Å². The van der Waals surface area contributed by atoms with Gasteiger partial charge < -0.3 is 0 Å². The lowest BCUT2D eigenvalue weighted by Crippen LogP contribution is -2.49. The Hall–Kier alpha value is -7.06. The van der Waals surface area contributed by atoms with Crippen LogP contribution in [0.1, 0.15) is 68.9 Å². The van der Waals surface area contributed by atoms with Crippen molar-refractivity contribution in [2.45, 2.75) is 35.5 Å². The maximum atomic E-state index is 15.5. The summed E-state index contributed by atoms with van der Waals surface area (Å²) in [5.41, 5.74) is 5.84. The van der Waals surface area contributed by atoms with E-state index in [1.807, 2.05) is 36.4 Å². The minimum Gasteiger partial charge on any atom is -0.290 e. The molecule has 16 rings (SSSR count). The first-order valence-corrected chi connectivity index (χ1v) is 18.6. The Morgan fingerprint density at radius 3 is 0.571 bits per heavy atom. The van der Waals surface area contributed by atoms with E-state index in [4.69, 9.17) is 0 Å². The highest BCUT2D eigenvalue weighted by atomic mass is 16.2. The first kappa shape index (κ1) is 30.3. The molecule has 6 atom stereocenters. The molecule has 0 fully saturated rings. The Balaban J connectivity index is 1.04. The monoisotopic (exact) mass is 726 g/mol. The van der Waals surface area contributed by atoms with Crippen LogP contribution in [-0.2, 0) is 38.4 Å². The predicted molar refractivity (Wildman–Crippen MR) is 196 cm³/mol. The van der Waals surface area contributed by atoms with Gasteiger partial charge in [-0.05, 0) is 57.7 Å². The van der Waals surface area contributed by atoms with E-state index in [1.54, 1.807) is 36.4 Å². The van der Waals surface area contributed by atoms with E-state index in [0.717, 1.165) is 0 Å². The van der Waals surface area contributed by atoms with Gasteiger partial charge in [0.1, 0.15) is 0 Å². The molecule has 13 aliphatic carbocycles. The number of hydrogen-bond acceptors (Lipinski definition) is 8. The third kappa shape index (κ3) is 3.06. The van der Waals surface area contributed by atoms with Gasteiger partial charge in [-0.3, -0.25) is 38.4 Å². The summed E-state index contributed by atoms with van der Waals surface area (Å²) in [4.78, 5) is 116. The van der Waals surface area contributed by atoms with E-state index in [1.165, 1.54) is 24.3 Å². The van der Waals surface area contributed by atoms with Gasteiger partial charge in [0.05, 0.1) is 0 Å². The van der Waals surface area contributed by atoms with Gasteiger partial charge in [0.2, 0.25) is 0 Å². The first-order chi connectivity index (χ1) is 27.2. The van der Waals surface area contributed by atoms with Crippen molar-refractivity contribution < 1.29 is 38.4 Å². The standard InChI is InChI=1S/C48H22O8/c49-23-13-14-24(50)34-28-18-8-2-1-7-17(18)27(33(23)34)37-38(28)46(54)42-32-22-12-6-5-11-21(22)31(41(42)45(37)53)43-44(32)48(56)40-30-20-10-4-3-9-19(20)29(39(40)47(43)55)35-25(51)15-16-26(52)36(30)35/h1-16,27-32H/t27-,28+,29+,30-,31?,32?. The molecule has 3 aromatic carbocycles. The van der Waals surface area contributed by atoms with Gasteiger partial charge in [0.15, 0.2) is 46.3 Å². The number of rotatable bonds is 0. The van der Waals surface area contributed by atoms with Crippen LogP contribution in [0.15, 0.2) is 164 Å². The Morgan fingerprint density at radius 2 is 0.393 bits per heavy atom. The Morgan fingerprint density at radius 1 is 0.232 bits per heavy atom. The molecule has 0 N–H and O–H groups in total. The second-order valence-corrected chi connectivity index (χ2v) is 15.9. The zero-order valence-electron chi connectivity index (χ0n) is 29.0. The summed E-state index contributed by atoms with van der Waals surface area (Å²) < 4.78 is 0. The van der Waals surface area contributed by atoms with E-state index < -0.39 is 81.8 Å². The molecule has 56 heavy (non-hydrogen) atoms. The number of hydrogen-bond donors (Lipinski definition) is 0. The minimum atomic E-state index is -1.09. The van der Waals surface area contributed by atoms with Crippen LogP contribution in [0, 0.1) is 0 Å². The van der Waals surface area contributed by atoms with Gasteiger partial charge in [-0.1, -0.05) is 72.8 Å². The fraction of sp³-hybridized carbons (Fsp3) is 0.125. The van der Waals surface area contributed by atoms with Crippen LogP contribution in [-0.4, -0.2) is 46.3 Å². The van der Waals surface area contributed by atoms with E-state index >= 15 is 19.2 Å². The number of Topliss-reactive ketones (excluding diaryl/α,β-unsaturated/α-hetero) is 4. The van der Waals surface area contributed by atoms with Crippen LogP contribution in [0.2, 0.25) is 0 Å². The van der Waals surface area contributed by atoms with Crippen molar-refractivity contribution >= 4 is 46.3 Å².